The Morgan fingerprint density at radius 2 is 1.65 bits per heavy atom. The summed E-state index contributed by atoms with van der Waals surface area (Å²) < 4.78 is 19.4. The Hall–Kier alpha value is -3.78. The molecular formula is C26H20BrFN2O4. The third-order valence-corrected chi connectivity index (χ3v) is 5.90. The van der Waals surface area contributed by atoms with Crippen LogP contribution in [-0.4, -0.2) is 17.8 Å². The third kappa shape index (κ3) is 5.07. The van der Waals surface area contributed by atoms with Crippen molar-refractivity contribution in [3.63, 3.8) is 0 Å². The SMILES string of the molecule is CCc1ccc(N2C(=O)NC(=O)/C(=C/c3ccc(OCc4ccc(F)cc4)c(Br)c3)C2=O)cc1. The monoisotopic (exact) mass is 522 g/mol. The Labute approximate surface area is 204 Å². The maximum absolute atomic E-state index is 13.1. The molecule has 1 heterocycles. The molecule has 0 radical (unpaired) electrons. The van der Waals surface area contributed by atoms with Crippen LogP contribution in [-0.2, 0) is 22.6 Å². The minimum absolute atomic E-state index is 0.161. The number of nitrogens with zero attached hydrogens (tertiary/aromatic N) is 1. The first-order valence-corrected chi connectivity index (χ1v) is 11.3. The van der Waals surface area contributed by atoms with Gasteiger partial charge in [0.25, 0.3) is 11.8 Å². The molecule has 1 N–H and O–H groups in total. The highest BCUT2D eigenvalue weighted by Crippen LogP contribution is 2.29. The fraction of sp³-hybridized carbons (Fsp3) is 0.115. The van der Waals surface area contributed by atoms with E-state index in [0.717, 1.165) is 22.4 Å². The number of ether oxygens (including phenoxy) is 1. The van der Waals surface area contributed by atoms with Crippen LogP contribution in [0.4, 0.5) is 14.9 Å². The first-order chi connectivity index (χ1) is 16.4. The van der Waals surface area contributed by atoms with Gasteiger partial charge in [-0.25, -0.2) is 14.1 Å². The largest absolute Gasteiger partial charge is 0.488 e. The molecule has 3 aromatic carbocycles. The normalized spacial score (nSPS) is 15.0. The van der Waals surface area contributed by atoms with Crippen LogP contribution in [0.1, 0.15) is 23.6 Å². The van der Waals surface area contributed by atoms with E-state index in [1.54, 1.807) is 42.5 Å². The zero-order valence-corrected chi connectivity index (χ0v) is 19.8. The number of aryl methyl sites for hydroxylation is 1. The van der Waals surface area contributed by atoms with Crippen LogP contribution in [0.15, 0.2) is 76.8 Å². The minimum Gasteiger partial charge on any atom is -0.488 e. The second-order valence-corrected chi connectivity index (χ2v) is 8.44. The van der Waals surface area contributed by atoms with Crippen LogP contribution < -0.4 is 15.0 Å². The van der Waals surface area contributed by atoms with Gasteiger partial charge in [0.05, 0.1) is 10.2 Å². The summed E-state index contributed by atoms with van der Waals surface area (Å²) in [5.74, 6) is -1.24. The lowest BCUT2D eigenvalue weighted by molar-refractivity contribution is -0.122. The molecule has 6 nitrogen and oxygen atoms in total. The van der Waals surface area contributed by atoms with Crippen molar-refractivity contribution in [3.05, 3.63) is 99.3 Å². The zero-order chi connectivity index (χ0) is 24.2. The van der Waals surface area contributed by atoms with Gasteiger partial charge in [-0.15, -0.1) is 0 Å². The van der Waals surface area contributed by atoms with Gasteiger partial charge in [-0.05, 0) is 81.5 Å². The van der Waals surface area contributed by atoms with E-state index in [2.05, 4.69) is 21.2 Å². The molecule has 1 saturated heterocycles. The van der Waals surface area contributed by atoms with Crippen LogP contribution in [0.3, 0.4) is 0 Å². The van der Waals surface area contributed by atoms with Gasteiger partial charge in [0.2, 0.25) is 0 Å². The summed E-state index contributed by atoms with van der Waals surface area (Å²) in [4.78, 5) is 38.8. The Balaban J connectivity index is 1.54. The van der Waals surface area contributed by atoms with Gasteiger partial charge in [-0.1, -0.05) is 37.3 Å². The number of imide groups is 2. The first-order valence-electron chi connectivity index (χ1n) is 10.5. The number of carbonyl (C=O) groups excluding carboxylic acids is 3. The lowest BCUT2D eigenvalue weighted by atomic mass is 10.1. The van der Waals surface area contributed by atoms with Gasteiger partial charge in [-0.3, -0.25) is 14.9 Å². The third-order valence-electron chi connectivity index (χ3n) is 5.28. The van der Waals surface area contributed by atoms with Crippen LogP contribution in [0, 0.1) is 5.82 Å². The lowest BCUT2D eigenvalue weighted by Crippen LogP contribution is -2.54. The maximum atomic E-state index is 13.1. The number of barbiturate groups is 1. The fourth-order valence-electron chi connectivity index (χ4n) is 3.40. The van der Waals surface area contributed by atoms with Gasteiger partial charge in [0.15, 0.2) is 0 Å². The van der Waals surface area contributed by atoms with Crippen LogP contribution in [0.2, 0.25) is 0 Å². The van der Waals surface area contributed by atoms with Gasteiger partial charge >= 0.3 is 6.03 Å². The summed E-state index contributed by atoms with van der Waals surface area (Å²) in [5, 5.41) is 2.22. The molecular weight excluding hydrogens is 503 g/mol. The van der Waals surface area contributed by atoms with E-state index in [-0.39, 0.29) is 18.0 Å². The van der Waals surface area contributed by atoms with Gasteiger partial charge in [0.1, 0.15) is 23.7 Å². The molecule has 172 valence electrons. The van der Waals surface area contributed by atoms with Crippen molar-refractivity contribution in [2.24, 2.45) is 0 Å². The highest BCUT2D eigenvalue weighted by molar-refractivity contribution is 9.10. The summed E-state index contributed by atoms with van der Waals surface area (Å²) in [6.45, 7) is 2.25. The van der Waals surface area contributed by atoms with Crippen molar-refractivity contribution >= 4 is 45.5 Å². The molecule has 1 aliphatic rings. The molecule has 0 unspecified atom stereocenters. The standard InChI is InChI=1S/C26H20BrFN2O4/c1-2-16-5-10-20(11-6-16)30-25(32)21(24(31)29-26(30)33)13-18-7-12-23(22(27)14-18)34-15-17-3-8-19(28)9-4-17/h3-14H,2,15H2,1H3,(H,29,31,33)/b21-13-. The Bertz CT molecular complexity index is 1290. The Morgan fingerprint density at radius 3 is 2.29 bits per heavy atom. The Kier molecular flexibility index (Phi) is 6.88. The maximum Gasteiger partial charge on any atom is 0.335 e. The number of hydrogen-bond donors (Lipinski definition) is 1. The molecule has 0 saturated carbocycles. The molecule has 4 amide bonds. The smallest absolute Gasteiger partial charge is 0.335 e. The molecule has 0 aliphatic carbocycles. The highest BCUT2D eigenvalue weighted by atomic mass is 79.9. The number of halogens is 2. The summed E-state index contributed by atoms with van der Waals surface area (Å²) in [7, 11) is 0. The number of hydrogen-bond acceptors (Lipinski definition) is 4. The van der Waals surface area contributed by atoms with Crippen molar-refractivity contribution < 1.29 is 23.5 Å². The van der Waals surface area contributed by atoms with E-state index >= 15 is 0 Å². The minimum atomic E-state index is -0.790. The van der Waals surface area contributed by atoms with Crippen molar-refractivity contribution in [1.82, 2.24) is 5.32 Å². The second kappa shape index (κ2) is 10.0. The average Bonchev–Trinajstić information content (AvgIpc) is 2.82. The predicted molar refractivity (Wildman–Crippen MR) is 130 cm³/mol. The quantitative estimate of drug-likeness (QED) is 0.347. The van der Waals surface area contributed by atoms with Crippen molar-refractivity contribution in [1.29, 1.82) is 0 Å². The topological polar surface area (TPSA) is 75.7 Å². The van der Waals surface area contributed by atoms with Crippen LogP contribution in [0.25, 0.3) is 6.08 Å². The number of anilines is 1. The lowest BCUT2D eigenvalue weighted by Gasteiger charge is -2.26. The van der Waals surface area contributed by atoms with Gasteiger partial charge in [0, 0.05) is 0 Å². The molecule has 8 heteroatoms. The number of urea groups is 1. The highest BCUT2D eigenvalue weighted by Gasteiger charge is 2.36. The van der Waals surface area contributed by atoms with Crippen molar-refractivity contribution in [3.8, 4) is 5.75 Å². The molecule has 4 rings (SSSR count). The molecule has 34 heavy (non-hydrogen) atoms. The first kappa shape index (κ1) is 23.4. The molecule has 0 bridgehead atoms. The number of rotatable bonds is 6. The predicted octanol–water partition coefficient (Wildman–Crippen LogP) is 5.40. The molecule has 0 spiro atoms. The Morgan fingerprint density at radius 1 is 0.971 bits per heavy atom. The number of carbonyl (C=O) groups is 3. The number of amides is 4. The van der Waals surface area contributed by atoms with E-state index < -0.39 is 17.8 Å². The van der Waals surface area contributed by atoms with E-state index in [1.807, 2.05) is 19.1 Å². The zero-order valence-electron chi connectivity index (χ0n) is 18.2. The van der Waals surface area contributed by atoms with E-state index in [1.165, 1.54) is 18.2 Å². The van der Waals surface area contributed by atoms with E-state index in [4.69, 9.17) is 4.74 Å². The summed E-state index contributed by atoms with van der Waals surface area (Å²) >= 11 is 3.43. The van der Waals surface area contributed by atoms with Gasteiger partial charge in [-0.2, -0.15) is 0 Å². The molecule has 0 aromatic heterocycles. The summed E-state index contributed by atoms with van der Waals surface area (Å²) in [6.07, 6.45) is 2.24. The second-order valence-electron chi connectivity index (χ2n) is 7.58. The van der Waals surface area contributed by atoms with E-state index in [0.29, 0.717) is 21.5 Å². The van der Waals surface area contributed by atoms with E-state index in [9.17, 15) is 18.8 Å². The van der Waals surface area contributed by atoms with Gasteiger partial charge < -0.3 is 4.74 Å². The molecule has 1 fully saturated rings. The number of benzene rings is 3. The molecule has 0 atom stereocenters. The summed E-state index contributed by atoms with van der Waals surface area (Å²) in [5.41, 5.74) is 2.65. The fourth-order valence-corrected chi connectivity index (χ4v) is 3.92. The number of nitrogens with one attached hydrogen (secondary N) is 1. The summed E-state index contributed by atoms with van der Waals surface area (Å²) in [6, 6.07) is 17.3. The van der Waals surface area contributed by atoms with Crippen molar-refractivity contribution in [2.75, 3.05) is 4.90 Å². The van der Waals surface area contributed by atoms with Crippen LogP contribution in [0.5, 0.6) is 5.75 Å². The molecule has 3 aromatic rings. The van der Waals surface area contributed by atoms with Crippen LogP contribution >= 0.6 is 15.9 Å². The molecule has 1 aliphatic heterocycles. The van der Waals surface area contributed by atoms with Crippen molar-refractivity contribution in [2.45, 2.75) is 20.0 Å². The average molecular weight is 523 g/mol.